The minimum Gasteiger partial charge on any atom is -0.362 e. The molecule has 1 aliphatic heterocycles. The van der Waals surface area contributed by atoms with Gasteiger partial charge >= 0.3 is 0 Å². The monoisotopic (exact) mass is 384 g/mol. The van der Waals surface area contributed by atoms with Gasteiger partial charge in [0.15, 0.2) is 0 Å². The van der Waals surface area contributed by atoms with E-state index in [0.29, 0.717) is 42.2 Å². The van der Waals surface area contributed by atoms with Crippen molar-refractivity contribution in [2.24, 2.45) is 23.2 Å². The van der Waals surface area contributed by atoms with Crippen LogP contribution in [0.4, 0.5) is 17.1 Å². The lowest BCUT2D eigenvalue weighted by atomic mass is 9.49. The Morgan fingerprint density at radius 3 is 2.29 bits per heavy atom. The summed E-state index contributed by atoms with van der Waals surface area (Å²) in [5.41, 5.74) is 0.967. The number of nitrogens with zero attached hydrogens (tertiary/aromatic N) is 2. The van der Waals surface area contributed by atoms with E-state index in [1.165, 1.54) is 25.3 Å². The second-order valence-corrected chi connectivity index (χ2v) is 9.32. The van der Waals surface area contributed by atoms with Crippen molar-refractivity contribution in [3.8, 4) is 0 Å². The van der Waals surface area contributed by atoms with Crippen LogP contribution in [0, 0.1) is 33.3 Å². The van der Waals surface area contributed by atoms with Crippen LogP contribution >= 0.6 is 0 Å². The third-order valence-corrected chi connectivity index (χ3v) is 7.41. The Morgan fingerprint density at radius 2 is 1.71 bits per heavy atom. The van der Waals surface area contributed by atoms with Gasteiger partial charge in [-0.2, -0.15) is 0 Å². The Morgan fingerprint density at radius 1 is 1.11 bits per heavy atom. The highest BCUT2D eigenvalue weighted by molar-refractivity contribution is 5.99. The Labute approximate surface area is 165 Å². The summed E-state index contributed by atoms with van der Waals surface area (Å²) in [6.07, 6.45) is 6.83. The summed E-state index contributed by atoms with van der Waals surface area (Å²) in [6, 6.07) is 5.04. The molecular formula is C21H28N4O3. The van der Waals surface area contributed by atoms with Crippen molar-refractivity contribution in [2.75, 3.05) is 36.4 Å². The van der Waals surface area contributed by atoms with Crippen molar-refractivity contribution < 1.29 is 9.72 Å². The van der Waals surface area contributed by atoms with Gasteiger partial charge in [0.1, 0.15) is 5.69 Å². The fraction of sp³-hybridized carbons (Fsp3) is 0.667. The lowest BCUT2D eigenvalue weighted by molar-refractivity contribution is -0.384. The molecule has 1 aromatic rings. The van der Waals surface area contributed by atoms with Crippen molar-refractivity contribution in [1.82, 2.24) is 5.32 Å². The average molecular weight is 384 g/mol. The number of hydrogen-bond donors (Lipinski definition) is 2. The van der Waals surface area contributed by atoms with Crippen molar-refractivity contribution in [3.05, 3.63) is 28.3 Å². The predicted molar refractivity (Wildman–Crippen MR) is 107 cm³/mol. The van der Waals surface area contributed by atoms with E-state index in [9.17, 15) is 14.9 Å². The maximum atomic E-state index is 13.5. The Balaban J connectivity index is 1.45. The summed E-state index contributed by atoms with van der Waals surface area (Å²) in [6.45, 7) is 2.97. The van der Waals surface area contributed by atoms with E-state index >= 15 is 0 Å². The zero-order chi connectivity index (χ0) is 19.3. The van der Waals surface area contributed by atoms with Gasteiger partial charge in [-0.3, -0.25) is 14.9 Å². The summed E-state index contributed by atoms with van der Waals surface area (Å²) in [4.78, 5) is 26.8. The number of nitro groups is 1. The maximum absolute atomic E-state index is 13.5. The Bertz CT molecular complexity index is 768. The number of nitro benzene ring substituents is 1. The minimum atomic E-state index is -0.336. The third-order valence-electron chi connectivity index (χ3n) is 7.41. The quantitative estimate of drug-likeness (QED) is 0.615. The van der Waals surface area contributed by atoms with Gasteiger partial charge in [0.05, 0.1) is 16.0 Å². The first kappa shape index (κ1) is 17.9. The van der Waals surface area contributed by atoms with Gasteiger partial charge in [0, 0.05) is 32.2 Å². The molecule has 1 heterocycles. The van der Waals surface area contributed by atoms with Crippen LogP contribution in [0.5, 0.6) is 0 Å². The van der Waals surface area contributed by atoms with Crippen LogP contribution in [-0.4, -0.2) is 37.0 Å². The first-order valence-corrected chi connectivity index (χ1v) is 10.6. The fourth-order valence-corrected chi connectivity index (χ4v) is 6.64. The molecule has 7 heteroatoms. The molecule has 7 nitrogen and oxygen atoms in total. The summed E-state index contributed by atoms with van der Waals surface area (Å²) in [7, 11) is 0. The van der Waals surface area contributed by atoms with Crippen LogP contribution in [0.3, 0.4) is 0 Å². The molecule has 0 aromatic heterocycles. The molecule has 4 aliphatic carbocycles. The van der Waals surface area contributed by atoms with Crippen LogP contribution in [0.2, 0.25) is 0 Å². The smallest absolute Gasteiger partial charge is 0.294 e. The molecule has 28 heavy (non-hydrogen) atoms. The number of piperazine rings is 1. The predicted octanol–water partition coefficient (Wildman–Crippen LogP) is 3.16. The van der Waals surface area contributed by atoms with Gasteiger partial charge in [-0.15, -0.1) is 0 Å². The first-order chi connectivity index (χ1) is 13.5. The van der Waals surface area contributed by atoms with E-state index in [-0.39, 0.29) is 21.9 Å². The molecular weight excluding hydrogens is 356 g/mol. The summed E-state index contributed by atoms with van der Waals surface area (Å²) in [5.74, 6) is 2.16. The average Bonchev–Trinajstić information content (AvgIpc) is 2.67. The number of nitrogens with one attached hydrogen (secondary N) is 2. The number of carbonyl (C=O) groups is 1. The van der Waals surface area contributed by atoms with E-state index < -0.39 is 0 Å². The molecule has 5 fully saturated rings. The van der Waals surface area contributed by atoms with Crippen molar-refractivity contribution >= 4 is 23.0 Å². The van der Waals surface area contributed by atoms with Crippen molar-refractivity contribution in [3.63, 3.8) is 0 Å². The van der Waals surface area contributed by atoms with Gasteiger partial charge in [-0.1, -0.05) is 6.07 Å². The van der Waals surface area contributed by atoms with Gasteiger partial charge in [-0.05, 0) is 62.3 Å². The molecule has 4 bridgehead atoms. The van der Waals surface area contributed by atoms with E-state index in [2.05, 4.69) is 10.6 Å². The third kappa shape index (κ3) is 2.96. The van der Waals surface area contributed by atoms with Crippen LogP contribution < -0.4 is 15.5 Å². The van der Waals surface area contributed by atoms with Crippen LogP contribution in [0.1, 0.15) is 38.5 Å². The number of para-hydroxylation sites is 1. The summed E-state index contributed by atoms with van der Waals surface area (Å²) >= 11 is 0. The highest BCUT2D eigenvalue weighted by Gasteiger charge is 2.54. The molecule has 0 radical (unpaired) electrons. The Kier molecular flexibility index (Phi) is 4.30. The van der Waals surface area contributed by atoms with Gasteiger partial charge in [0.2, 0.25) is 5.91 Å². The molecule has 6 rings (SSSR count). The summed E-state index contributed by atoms with van der Waals surface area (Å²) in [5, 5.41) is 18.1. The van der Waals surface area contributed by atoms with Crippen LogP contribution in [0.15, 0.2) is 18.2 Å². The maximum Gasteiger partial charge on any atom is 0.294 e. The standard InChI is InChI=1S/C21H28N4O3/c26-20(21-11-14-8-15(12-21)10-16(9-14)13-21)23-17-2-1-3-18(25(27)28)19(17)24-6-4-22-5-7-24/h1-3,14-16,22H,4-13H2,(H,23,26). The fourth-order valence-electron chi connectivity index (χ4n) is 6.64. The normalized spacial score (nSPS) is 33.7. The van der Waals surface area contributed by atoms with E-state index in [1.54, 1.807) is 6.07 Å². The molecule has 1 amide bonds. The van der Waals surface area contributed by atoms with E-state index in [0.717, 1.165) is 32.4 Å². The summed E-state index contributed by atoms with van der Waals surface area (Å²) < 4.78 is 0. The van der Waals surface area contributed by atoms with Crippen molar-refractivity contribution in [1.29, 1.82) is 0 Å². The van der Waals surface area contributed by atoms with Gasteiger partial charge < -0.3 is 15.5 Å². The van der Waals surface area contributed by atoms with Gasteiger partial charge in [0.25, 0.3) is 5.69 Å². The number of anilines is 2. The molecule has 0 spiro atoms. The molecule has 2 N–H and O–H groups in total. The van der Waals surface area contributed by atoms with Crippen LogP contribution in [0.25, 0.3) is 0 Å². The molecule has 0 atom stereocenters. The minimum absolute atomic E-state index is 0.0743. The van der Waals surface area contributed by atoms with Crippen molar-refractivity contribution in [2.45, 2.75) is 38.5 Å². The molecule has 1 saturated heterocycles. The lowest BCUT2D eigenvalue weighted by Crippen LogP contribution is -2.52. The second-order valence-electron chi connectivity index (χ2n) is 9.32. The molecule has 1 aromatic carbocycles. The number of amides is 1. The molecule has 4 saturated carbocycles. The number of rotatable bonds is 4. The molecule has 150 valence electrons. The lowest BCUT2D eigenvalue weighted by Gasteiger charge is -2.55. The largest absolute Gasteiger partial charge is 0.362 e. The Hall–Kier alpha value is -2.15. The highest BCUT2D eigenvalue weighted by atomic mass is 16.6. The van der Waals surface area contributed by atoms with E-state index in [1.807, 2.05) is 11.0 Å². The number of benzene rings is 1. The van der Waals surface area contributed by atoms with Gasteiger partial charge in [-0.25, -0.2) is 0 Å². The zero-order valence-electron chi connectivity index (χ0n) is 16.2. The number of carbonyl (C=O) groups excluding carboxylic acids is 1. The molecule has 5 aliphatic rings. The van der Waals surface area contributed by atoms with Crippen LogP contribution in [-0.2, 0) is 4.79 Å². The zero-order valence-corrected chi connectivity index (χ0v) is 16.2. The topological polar surface area (TPSA) is 87.5 Å². The SMILES string of the molecule is O=C(Nc1cccc([N+](=O)[O-])c1N1CCNCC1)C12CC3CC(CC(C3)C1)C2. The van der Waals surface area contributed by atoms with E-state index in [4.69, 9.17) is 0 Å². The second kappa shape index (κ2) is 6.72. The number of hydrogen-bond acceptors (Lipinski definition) is 5. The first-order valence-electron chi connectivity index (χ1n) is 10.6. The highest BCUT2D eigenvalue weighted by Crippen LogP contribution is 2.60. The molecule has 0 unspecified atom stereocenters.